The minimum atomic E-state index is -1.33. The topological polar surface area (TPSA) is 20.2 Å². The van der Waals surface area contributed by atoms with E-state index in [1.54, 1.807) is 18.2 Å². The minimum absolute atomic E-state index is 0.331. The molecule has 2 aromatic carbocycles. The molecule has 94 valence electrons. The van der Waals surface area contributed by atoms with Crippen molar-refractivity contribution in [3.63, 3.8) is 0 Å². The van der Waals surface area contributed by atoms with Gasteiger partial charge in [0.25, 0.3) is 0 Å². The van der Waals surface area contributed by atoms with Gasteiger partial charge in [-0.05, 0) is 36.2 Å². The zero-order valence-electron chi connectivity index (χ0n) is 9.62. The first-order valence-electron chi connectivity index (χ1n) is 5.38. The van der Waals surface area contributed by atoms with Crippen LogP contribution in [0.5, 0.6) is 0 Å². The number of aliphatic hydroxyl groups is 1. The maximum atomic E-state index is 13.6. The molecule has 0 saturated carbocycles. The summed E-state index contributed by atoms with van der Waals surface area (Å²) in [6, 6.07) is 8.74. The van der Waals surface area contributed by atoms with Crippen molar-refractivity contribution in [2.75, 3.05) is 0 Å². The second-order valence-corrected chi connectivity index (χ2v) is 4.92. The molecule has 1 unspecified atom stereocenters. The van der Waals surface area contributed by atoms with Gasteiger partial charge in [-0.15, -0.1) is 0 Å². The first-order chi connectivity index (χ1) is 8.50. The van der Waals surface area contributed by atoms with E-state index < -0.39 is 17.7 Å². The third-order valence-electron chi connectivity index (χ3n) is 2.72. The van der Waals surface area contributed by atoms with Gasteiger partial charge in [0.1, 0.15) is 17.7 Å². The summed E-state index contributed by atoms with van der Waals surface area (Å²) < 4.78 is 27.8. The van der Waals surface area contributed by atoms with Crippen LogP contribution < -0.4 is 0 Å². The smallest absolute Gasteiger partial charge is 0.132 e. The summed E-state index contributed by atoms with van der Waals surface area (Å²) in [4.78, 5) is 0. The van der Waals surface area contributed by atoms with Gasteiger partial charge < -0.3 is 5.11 Å². The number of aryl methyl sites for hydroxylation is 1. The zero-order chi connectivity index (χ0) is 13.3. The fraction of sp³-hybridized carbons (Fsp3) is 0.143. The van der Waals surface area contributed by atoms with Crippen molar-refractivity contribution >= 4 is 15.9 Å². The standard InChI is InChI=1S/C14H11BrF2O/c1-8-5-6-9(10(15)7-8)14(18)13-11(16)3-2-4-12(13)17/h2-7,14,18H,1H3. The average molecular weight is 313 g/mol. The third kappa shape index (κ3) is 2.44. The predicted octanol–water partition coefficient (Wildman–Crippen LogP) is 4.12. The van der Waals surface area contributed by atoms with Gasteiger partial charge in [0, 0.05) is 4.47 Å². The summed E-state index contributed by atoms with van der Waals surface area (Å²) in [7, 11) is 0. The second-order valence-electron chi connectivity index (χ2n) is 4.06. The van der Waals surface area contributed by atoms with Crippen LogP contribution in [0.1, 0.15) is 22.8 Å². The summed E-state index contributed by atoms with van der Waals surface area (Å²) in [5.41, 5.74) is 1.10. The third-order valence-corrected chi connectivity index (χ3v) is 3.41. The fourth-order valence-corrected chi connectivity index (χ4v) is 2.49. The van der Waals surface area contributed by atoms with Crippen LogP contribution in [0.2, 0.25) is 0 Å². The first-order valence-corrected chi connectivity index (χ1v) is 6.18. The first kappa shape index (κ1) is 13.2. The van der Waals surface area contributed by atoms with Crippen molar-refractivity contribution < 1.29 is 13.9 Å². The van der Waals surface area contributed by atoms with Gasteiger partial charge in [-0.1, -0.05) is 34.1 Å². The van der Waals surface area contributed by atoms with Gasteiger partial charge in [0.2, 0.25) is 0 Å². The summed E-state index contributed by atoms with van der Waals surface area (Å²) in [6.07, 6.45) is -1.33. The Kier molecular flexibility index (Phi) is 3.78. The predicted molar refractivity (Wildman–Crippen MR) is 69.3 cm³/mol. The Labute approximate surface area is 112 Å². The summed E-state index contributed by atoms with van der Waals surface area (Å²) in [5, 5.41) is 10.1. The van der Waals surface area contributed by atoms with Gasteiger partial charge in [-0.2, -0.15) is 0 Å². The molecule has 0 aliphatic carbocycles. The molecule has 0 amide bonds. The lowest BCUT2D eigenvalue weighted by Gasteiger charge is -2.15. The number of aliphatic hydroxyl groups excluding tert-OH is 1. The van der Waals surface area contributed by atoms with E-state index in [1.165, 1.54) is 6.07 Å². The average Bonchev–Trinajstić information content (AvgIpc) is 2.28. The van der Waals surface area contributed by atoms with Crippen molar-refractivity contribution in [1.29, 1.82) is 0 Å². The highest BCUT2D eigenvalue weighted by atomic mass is 79.9. The lowest BCUT2D eigenvalue weighted by atomic mass is 9.99. The Balaban J connectivity index is 2.51. The van der Waals surface area contributed by atoms with Gasteiger partial charge >= 0.3 is 0 Å². The number of hydrogen-bond acceptors (Lipinski definition) is 1. The molecule has 0 aromatic heterocycles. The normalized spacial score (nSPS) is 12.5. The highest BCUT2D eigenvalue weighted by molar-refractivity contribution is 9.10. The minimum Gasteiger partial charge on any atom is -0.383 e. The number of benzene rings is 2. The molecule has 1 N–H and O–H groups in total. The molecule has 0 aliphatic rings. The molecule has 0 fully saturated rings. The van der Waals surface area contributed by atoms with Gasteiger partial charge in [0.05, 0.1) is 5.56 Å². The zero-order valence-corrected chi connectivity index (χ0v) is 11.2. The van der Waals surface area contributed by atoms with E-state index in [-0.39, 0.29) is 5.56 Å². The van der Waals surface area contributed by atoms with E-state index in [4.69, 9.17) is 0 Å². The van der Waals surface area contributed by atoms with Gasteiger partial charge in [-0.25, -0.2) is 8.78 Å². The molecule has 0 heterocycles. The maximum absolute atomic E-state index is 13.6. The van der Waals surface area contributed by atoms with Crippen LogP contribution in [0, 0.1) is 18.6 Å². The lowest BCUT2D eigenvalue weighted by Crippen LogP contribution is -2.06. The highest BCUT2D eigenvalue weighted by Gasteiger charge is 2.21. The van der Waals surface area contributed by atoms with Crippen molar-refractivity contribution in [2.24, 2.45) is 0 Å². The summed E-state index contributed by atoms with van der Waals surface area (Å²) >= 11 is 3.29. The molecule has 1 nitrogen and oxygen atoms in total. The summed E-state index contributed by atoms with van der Waals surface area (Å²) in [5.74, 6) is -1.51. The lowest BCUT2D eigenvalue weighted by molar-refractivity contribution is 0.208. The van der Waals surface area contributed by atoms with E-state index in [0.29, 0.717) is 10.0 Å². The van der Waals surface area contributed by atoms with Crippen molar-refractivity contribution in [3.05, 3.63) is 69.2 Å². The number of hydrogen-bond donors (Lipinski definition) is 1. The quantitative estimate of drug-likeness (QED) is 0.884. The maximum Gasteiger partial charge on any atom is 0.132 e. The molecular formula is C14H11BrF2O. The van der Waals surface area contributed by atoms with Crippen LogP contribution in [0.3, 0.4) is 0 Å². The Morgan fingerprint density at radius 3 is 2.28 bits per heavy atom. The monoisotopic (exact) mass is 312 g/mol. The Morgan fingerprint density at radius 2 is 1.72 bits per heavy atom. The molecule has 2 rings (SSSR count). The van der Waals surface area contributed by atoms with Crippen LogP contribution in [0.25, 0.3) is 0 Å². The fourth-order valence-electron chi connectivity index (χ4n) is 1.78. The van der Waals surface area contributed by atoms with E-state index >= 15 is 0 Å². The van der Waals surface area contributed by atoms with E-state index in [0.717, 1.165) is 17.7 Å². The number of halogens is 3. The van der Waals surface area contributed by atoms with Crippen LogP contribution >= 0.6 is 15.9 Å². The van der Waals surface area contributed by atoms with Crippen LogP contribution in [0.4, 0.5) is 8.78 Å². The summed E-state index contributed by atoms with van der Waals surface area (Å²) in [6.45, 7) is 1.89. The molecule has 4 heteroatoms. The van der Waals surface area contributed by atoms with Crippen molar-refractivity contribution in [2.45, 2.75) is 13.0 Å². The molecule has 1 atom stereocenters. The van der Waals surface area contributed by atoms with E-state index in [2.05, 4.69) is 15.9 Å². The van der Waals surface area contributed by atoms with Crippen LogP contribution in [0.15, 0.2) is 40.9 Å². The molecular weight excluding hydrogens is 302 g/mol. The Morgan fingerprint density at radius 1 is 1.11 bits per heavy atom. The van der Waals surface area contributed by atoms with E-state index in [9.17, 15) is 13.9 Å². The Hall–Kier alpha value is -1.26. The van der Waals surface area contributed by atoms with Gasteiger partial charge in [-0.3, -0.25) is 0 Å². The molecule has 0 saturated heterocycles. The van der Waals surface area contributed by atoms with Crippen molar-refractivity contribution in [3.8, 4) is 0 Å². The van der Waals surface area contributed by atoms with Crippen LogP contribution in [-0.4, -0.2) is 5.11 Å². The molecule has 18 heavy (non-hydrogen) atoms. The molecule has 0 radical (unpaired) electrons. The number of rotatable bonds is 2. The van der Waals surface area contributed by atoms with Crippen molar-refractivity contribution in [1.82, 2.24) is 0 Å². The highest BCUT2D eigenvalue weighted by Crippen LogP contribution is 2.31. The molecule has 0 aliphatic heterocycles. The largest absolute Gasteiger partial charge is 0.383 e. The molecule has 0 bridgehead atoms. The van der Waals surface area contributed by atoms with Gasteiger partial charge in [0.15, 0.2) is 0 Å². The Bertz CT molecular complexity index is 564. The van der Waals surface area contributed by atoms with E-state index in [1.807, 2.05) is 6.92 Å². The SMILES string of the molecule is Cc1ccc(C(O)c2c(F)cccc2F)c(Br)c1. The second kappa shape index (κ2) is 5.16. The molecule has 0 spiro atoms. The van der Waals surface area contributed by atoms with Crippen LogP contribution in [-0.2, 0) is 0 Å². The molecule has 2 aromatic rings.